The number of rotatable bonds is 11. The van der Waals surface area contributed by atoms with Crippen LogP contribution in [0.2, 0.25) is 15.1 Å². The van der Waals surface area contributed by atoms with Crippen LogP contribution < -0.4 is 9.62 Å². The first-order valence-electron chi connectivity index (χ1n) is 12.3. The Labute approximate surface area is 244 Å². The standard InChI is InChI=1S/C28H30Cl3N3O4S/c1-4-26(28(36)32-5-2)33(17-23-24(30)10-7-11-25(23)31)27(35)18-34(21-9-6-8-19(3)16-21)39(37,38)22-14-12-20(29)13-15-22/h6-16,26H,4-5,17-18H2,1-3H3,(H,32,36)/t26-/m0/s1. The lowest BCUT2D eigenvalue weighted by molar-refractivity contribution is -0.140. The average Bonchev–Trinajstić information content (AvgIpc) is 2.89. The van der Waals surface area contributed by atoms with Crippen LogP contribution in [-0.2, 0) is 26.2 Å². The quantitative estimate of drug-likeness (QED) is 0.285. The predicted octanol–water partition coefficient (Wildman–Crippen LogP) is 6.09. The molecular weight excluding hydrogens is 581 g/mol. The zero-order valence-electron chi connectivity index (χ0n) is 21.8. The second kappa shape index (κ2) is 13.5. The van der Waals surface area contributed by atoms with Crippen molar-refractivity contribution in [2.24, 2.45) is 0 Å². The molecule has 0 bridgehead atoms. The lowest BCUT2D eigenvalue weighted by Gasteiger charge is -2.33. The molecule has 0 saturated heterocycles. The van der Waals surface area contributed by atoms with Gasteiger partial charge in [-0.2, -0.15) is 0 Å². The molecule has 0 aliphatic rings. The van der Waals surface area contributed by atoms with E-state index in [-0.39, 0.29) is 23.8 Å². The molecule has 208 valence electrons. The summed E-state index contributed by atoms with van der Waals surface area (Å²) in [6.07, 6.45) is 0.286. The van der Waals surface area contributed by atoms with Crippen LogP contribution >= 0.6 is 34.8 Å². The average molecular weight is 611 g/mol. The van der Waals surface area contributed by atoms with Gasteiger partial charge in [0, 0.05) is 33.7 Å². The molecule has 7 nitrogen and oxygen atoms in total. The minimum Gasteiger partial charge on any atom is -0.355 e. The van der Waals surface area contributed by atoms with Crippen molar-refractivity contribution in [3.05, 3.63) is 92.9 Å². The minimum absolute atomic E-state index is 0.0299. The molecule has 0 heterocycles. The molecule has 0 fully saturated rings. The number of sulfonamides is 1. The van der Waals surface area contributed by atoms with E-state index >= 15 is 0 Å². The van der Waals surface area contributed by atoms with Gasteiger partial charge < -0.3 is 10.2 Å². The zero-order chi connectivity index (χ0) is 28.7. The van der Waals surface area contributed by atoms with E-state index in [1.54, 1.807) is 50.2 Å². The SMILES string of the molecule is CCNC(=O)[C@H](CC)N(Cc1c(Cl)cccc1Cl)C(=O)CN(c1cccc(C)c1)S(=O)(=O)c1ccc(Cl)cc1. The van der Waals surface area contributed by atoms with Gasteiger partial charge in [-0.05, 0) is 74.4 Å². The van der Waals surface area contributed by atoms with Gasteiger partial charge in [0.25, 0.3) is 10.0 Å². The highest BCUT2D eigenvalue weighted by atomic mass is 35.5. The third kappa shape index (κ3) is 7.45. The number of carbonyl (C=O) groups is 2. The molecule has 1 atom stereocenters. The third-order valence-electron chi connectivity index (χ3n) is 6.10. The highest BCUT2D eigenvalue weighted by Gasteiger charge is 2.34. The normalized spacial score (nSPS) is 12.1. The molecule has 3 aromatic rings. The van der Waals surface area contributed by atoms with Gasteiger partial charge in [-0.15, -0.1) is 0 Å². The van der Waals surface area contributed by atoms with Gasteiger partial charge in [-0.1, -0.05) is 59.9 Å². The number of hydrogen-bond donors (Lipinski definition) is 1. The summed E-state index contributed by atoms with van der Waals surface area (Å²) < 4.78 is 28.7. The molecule has 0 unspecified atom stereocenters. The Morgan fingerprint density at radius 2 is 1.54 bits per heavy atom. The Bertz CT molecular complexity index is 1410. The van der Waals surface area contributed by atoms with Crippen LogP contribution in [0.5, 0.6) is 0 Å². The summed E-state index contributed by atoms with van der Waals surface area (Å²) in [5.41, 5.74) is 1.57. The molecule has 0 spiro atoms. The Hall–Kier alpha value is -2.78. The molecule has 2 amide bonds. The van der Waals surface area contributed by atoms with Crippen molar-refractivity contribution in [2.75, 3.05) is 17.4 Å². The Morgan fingerprint density at radius 3 is 2.10 bits per heavy atom. The first-order valence-corrected chi connectivity index (χ1v) is 14.9. The summed E-state index contributed by atoms with van der Waals surface area (Å²) in [5, 5.41) is 3.79. The van der Waals surface area contributed by atoms with E-state index in [1.165, 1.54) is 29.2 Å². The van der Waals surface area contributed by atoms with Crippen LogP contribution in [0.1, 0.15) is 31.4 Å². The molecule has 0 aromatic heterocycles. The minimum atomic E-state index is -4.19. The number of halogens is 3. The monoisotopic (exact) mass is 609 g/mol. The molecule has 3 aromatic carbocycles. The number of amides is 2. The van der Waals surface area contributed by atoms with Gasteiger partial charge in [0.05, 0.1) is 10.6 Å². The molecule has 1 N–H and O–H groups in total. The molecule has 39 heavy (non-hydrogen) atoms. The number of anilines is 1. The fourth-order valence-corrected chi connectivity index (χ4v) is 6.16. The van der Waals surface area contributed by atoms with E-state index < -0.39 is 28.5 Å². The van der Waals surface area contributed by atoms with Crippen molar-refractivity contribution < 1.29 is 18.0 Å². The van der Waals surface area contributed by atoms with Gasteiger partial charge in [0.1, 0.15) is 12.6 Å². The summed E-state index contributed by atoms with van der Waals surface area (Å²) in [4.78, 5) is 28.3. The number of carbonyl (C=O) groups excluding carboxylic acids is 2. The molecule has 0 saturated carbocycles. The second-order valence-electron chi connectivity index (χ2n) is 8.85. The summed E-state index contributed by atoms with van der Waals surface area (Å²) >= 11 is 18.8. The number of likely N-dealkylation sites (N-methyl/N-ethyl adjacent to an activating group) is 1. The van der Waals surface area contributed by atoms with E-state index in [0.29, 0.717) is 32.9 Å². The van der Waals surface area contributed by atoms with E-state index in [9.17, 15) is 18.0 Å². The zero-order valence-corrected chi connectivity index (χ0v) is 24.9. The van der Waals surface area contributed by atoms with E-state index in [1.807, 2.05) is 13.0 Å². The van der Waals surface area contributed by atoms with E-state index in [0.717, 1.165) is 9.87 Å². The van der Waals surface area contributed by atoms with Crippen molar-refractivity contribution in [1.29, 1.82) is 0 Å². The van der Waals surface area contributed by atoms with Crippen molar-refractivity contribution in [3.8, 4) is 0 Å². The highest BCUT2D eigenvalue weighted by molar-refractivity contribution is 7.92. The summed E-state index contributed by atoms with van der Waals surface area (Å²) in [6.45, 7) is 5.09. The smallest absolute Gasteiger partial charge is 0.264 e. The second-order valence-corrected chi connectivity index (χ2v) is 12.0. The molecule has 3 rings (SSSR count). The van der Waals surface area contributed by atoms with Crippen molar-refractivity contribution in [3.63, 3.8) is 0 Å². The number of hydrogen-bond acceptors (Lipinski definition) is 4. The largest absolute Gasteiger partial charge is 0.355 e. The van der Waals surface area contributed by atoms with Gasteiger partial charge in [-0.25, -0.2) is 8.42 Å². The summed E-state index contributed by atoms with van der Waals surface area (Å²) in [5.74, 6) is -0.956. The number of benzene rings is 3. The van der Waals surface area contributed by atoms with Crippen LogP contribution in [0.4, 0.5) is 5.69 Å². The van der Waals surface area contributed by atoms with Gasteiger partial charge in [0.2, 0.25) is 11.8 Å². The summed E-state index contributed by atoms with van der Waals surface area (Å²) in [6, 6.07) is 16.6. The highest BCUT2D eigenvalue weighted by Crippen LogP contribution is 2.29. The molecule has 0 aliphatic carbocycles. The molecule has 0 aliphatic heterocycles. The van der Waals surface area contributed by atoms with Crippen LogP contribution in [0.25, 0.3) is 0 Å². The Morgan fingerprint density at radius 1 is 0.923 bits per heavy atom. The fourth-order valence-electron chi connectivity index (χ4n) is 4.11. The predicted molar refractivity (Wildman–Crippen MR) is 157 cm³/mol. The van der Waals surface area contributed by atoms with Gasteiger partial charge >= 0.3 is 0 Å². The summed E-state index contributed by atoms with van der Waals surface area (Å²) in [7, 11) is -4.19. The molecular formula is C28H30Cl3N3O4S. The van der Waals surface area contributed by atoms with Gasteiger partial charge in [-0.3, -0.25) is 13.9 Å². The maximum absolute atomic E-state index is 14.0. The van der Waals surface area contributed by atoms with Crippen LogP contribution in [0.15, 0.2) is 71.6 Å². The number of aryl methyl sites for hydroxylation is 1. The van der Waals surface area contributed by atoms with Crippen molar-refractivity contribution in [2.45, 2.75) is 44.7 Å². The molecule has 0 radical (unpaired) electrons. The van der Waals surface area contributed by atoms with Crippen molar-refractivity contribution in [1.82, 2.24) is 10.2 Å². The lowest BCUT2D eigenvalue weighted by atomic mass is 10.1. The van der Waals surface area contributed by atoms with Crippen LogP contribution in [-0.4, -0.2) is 44.3 Å². The van der Waals surface area contributed by atoms with E-state index in [4.69, 9.17) is 34.8 Å². The third-order valence-corrected chi connectivity index (χ3v) is 8.85. The Kier molecular flexibility index (Phi) is 10.7. The van der Waals surface area contributed by atoms with Gasteiger partial charge in [0.15, 0.2) is 0 Å². The Balaban J connectivity index is 2.10. The number of nitrogens with zero attached hydrogens (tertiary/aromatic N) is 2. The maximum atomic E-state index is 14.0. The van der Waals surface area contributed by atoms with Crippen LogP contribution in [0.3, 0.4) is 0 Å². The first-order chi connectivity index (χ1) is 18.5. The molecule has 11 heteroatoms. The fraction of sp³-hybridized carbons (Fsp3) is 0.286. The lowest BCUT2D eigenvalue weighted by Crippen LogP contribution is -2.52. The maximum Gasteiger partial charge on any atom is 0.264 e. The first kappa shape index (κ1) is 30.8. The topological polar surface area (TPSA) is 86.8 Å². The van der Waals surface area contributed by atoms with Crippen LogP contribution in [0, 0.1) is 6.92 Å². The number of nitrogens with one attached hydrogen (secondary N) is 1. The van der Waals surface area contributed by atoms with E-state index in [2.05, 4.69) is 5.32 Å². The van der Waals surface area contributed by atoms with Crippen molar-refractivity contribution >= 4 is 62.3 Å².